The Morgan fingerprint density at radius 3 is 2.54 bits per heavy atom. The van der Waals surface area contributed by atoms with Crippen molar-refractivity contribution < 1.29 is 19.0 Å². The molecule has 9 heteroatoms. The van der Waals surface area contributed by atoms with Gasteiger partial charge in [-0.2, -0.15) is 0 Å². The average Bonchev–Trinajstić information content (AvgIpc) is 3.18. The number of thioether (sulfide) groups is 1. The molecular weight excluding hydrogens is 667 g/mol. The summed E-state index contributed by atoms with van der Waals surface area (Å²) in [5, 5.41) is 0.662. The van der Waals surface area contributed by atoms with Gasteiger partial charge >= 0.3 is 0 Å². The van der Waals surface area contributed by atoms with Gasteiger partial charge in [-0.1, -0.05) is 46.3 Å². The van der Waals surface area contributed by atoms with Crippen molar-refractivity contribution in [2.45, 2.75) is 13.0 Å². The molecule has 1 saturated heterocycles. The lowest BCUT2D eigenvalue weighted by Crippen LogP contribution is -2.30. The van der Waals surface area contributed by atoms with Crippen LogP contribution in [0.5, 0.6) is 11.5 Å². The molecule has 1 heterocycles. The van der Waals surface area contributed by atoms with E-state index in [1.54, 1.807) is 19.1 Å². The molecule has 0 unspecified atom stereocenters. The van der Waals surface area contributed by atoms with Crippen LogP contribution >= 0.6 is 50.3 Å². The molecule has 1 amide bonds. The molecule has 3 aromatic carbocycles. The SMILES string of the molecule is COCCCN1C(=O)/C(=C/c2cc(I)c(OCc3ccc(Br)cc3)c(OC)c2)SC1=Nc1ccccc1. The summed E-state index contributed by atoms with van der Waals surface area (Å²) in [7, 11) is 3.28. The van der Waals surface area contributed by atoms with Gasteiger partial charge in [0.1, 0.15) is 6.61 Å². The molecule has 0 aromatic heterocycles. The number of nitrogens with zero attached hydrogens (tertiary/aromatic N) is 2. The van der Waals surface area contributed by atoms with Crippen molar-refractivity contribution in [2.75, 3.05) is 27.4 Å². The minimum Gasteiger partial charge on any atom is -0.493 e. The molecule has 1 aliphatic heterocycles. The van der Waals surface area contributed by atoms with Crippen molar-refractivity contribution in [3.63, 3.8) is 0 Å². The largest absolute Gasteiger partial charge is 0.493 e. The summed E-state index contributed by atoms with van der Waals surface area (Å²) in [5.41, 5.74) is 2.71. The van der Waals surface area contributed by atoms with Crippen LogP contribution in [0.15, 0.2) is 81.1 Å². The van der Waals surface area contributed by atoms with Crippen molar-refractivity contribution in [3.05, 3.63) is 90.8 Å². The van der Waals surface area contributed by atoms with Crippen molar-refractivity contribution in [1.29, 1.82) is 0 Å². The molecule has 1 fully saturated rings. The smallest absolute Gasteiger partial charge is 0.266 e. The van der Waals surface area contributed by atoms with E-state index in [1.807, 2.05) is 72.8 Å². The van der Waals surface area contributed by atoms with E-state index in [1.165, 1.54) is 11.8 Å². The lowest BCUT2D eigenvalue weighted by molar-refractivity contribution is -0.122. The van der Waals surface area contributed by atoms with Crippen LogP contribution in [0.4, 0.5) is 5.69 Å². The maximum absolute atomic E-state index is 13.3. The molecule has 0 radical (unpaired) electrons. The maximum atomic E-state index is 13.3. The normalized spacial score (nSPS) is 15.6. The molecule has 6 nitrogen and oxygen atoms in total. The number of carbonyl (C=O) groups is 1. The monoisotopic (exact) mass is 692 g/mol. The Bertz CT molecular complexity index is 1300. The number of benzene rings is 3. The first-order valence-electron chi connectivity index (χ1n) is 11.6. The highest BCUT2D eigenvalue weighted by atomic mass is 127. The molecule has 4 rings (SSSR count). The van der Waals surface area contributed by atoms with E-state index in [4.69, 9.17) is 19.2 Å². The summed E-state index contributed by atoms with van der Waals surface area (Å²) in [6.07, 6.45) is 2.60. The third-order valence-electron chi connectivity index (χ3n) is 5.45. The van der Waals surface area contributed by atoms with Gasteiger partial charge in [-0.3, -0.25) is 9.69 Å². The highest BCUT2D eigenvalue weighted by Crippen LogP contribution is 2.38. The van der Waals surface area contributed by atoms with Crippen LogP contribution < -0.4 is 9.47 Å². The molecule has 0 saturated carbocycles. The van der Waals surface area contributed by atoms with E-state index in [0.29, 0.717) is 41.3 Å². The number of hydrogen-bond acceptors (Lipinski definition) is 6. The van der Waals surface area contributed by atoms with Gasteiger partial charge in [0.05, 0.1) is 21.3 Å². The van der Waals surface area contributed by atoms with E-state index in [-0.39, 0.29) is 5.91 Å². The third-order valence-corrected chi connectivity index (χ3v) is 7.78. The summed E-state index contributed by atoms with van der Waals surface area (Å²) in [4.78, 5) is 20.4. The number of halogens is 2. The fourth-order valence-corrected chi connectivity index (χ4v) is 5.69. The van der Waals surface area contributed by atoms with Gasteiger partial charge in [-0.15, -0.1) is 0 Å². The zero-order chi connectivity index (χ0) is 26.2. The summed E-state index contributed by atoms with van der Waals surface area (Å²) in [5.74, 6) is 1.22. The quantitative estimate of drug-likeness (QED) is 0.127. The fourth-order valence-electron chi connectivity index (χ4n) is 3.62. The van der Waals surface area contributed by atoms with Gasteiger partial charge in [0.2, 0.25) is 0 Å². The average molecular weight is 693 g/mol. The molecule has 0 N–H and O–H groups in total. The first-order valence-corrected chi connectivity index (χ1v) is 14.3. The Balaban J connectivity index is 1.58. The number of rotatable bonds is 10. The van der Waals surface area contributed by atoms with Crippen LogP contribution in [0.25, 0.3) is 6.08 Å². The van der Waals surface area contributed by atoms with Crippen LogP contribution in [-0.4, -0.2) is 43.3 Å². The second kappa shape index (κ2) is 13.5. The second-order valence-electron chi connectivity index (χ2n) is 8.09. The Morgan fingerprint density at radius 2 is 1.84 bits per heavy atom. The molecule has 0 atom stereocenters. The zero-order valence-corrected chi connectivity index (χ0v) is 25.0. The molecule has 0 bridgehead atoms. The number of amidine groups is 1. The zero-order valence-electron chi connectivity index (χ0n) is 20.4. The van der Waals surface area contributed by atoms with E-state index in [9.17, 15) is 4.79 Å². The van der Waals surface area contributed by atoms with Crippen molar-refractivity contribution in [1.82, 2.24) is 4.90 Å². The summed E-state index contributed by atoms with van der Waals surface area (Å²) in [6, 6.07) is 21.5. The second-order valence-corrected chi connectivity index (χ2v) is 11.2. The molecule has 1 aliphatic rings. The van der Waals surface area contributed by atoms with E-state index < -0.39 is 0 Å². The maximum Gasteiger partial charge on any atom is 0.266 e. The number of ether oxygens (including phenoxy) is 3. The van der Waals surface area contributed by atoms with Gasteiger partial charge in [0, 0.05) is 24.7 Å². The lowest BCUT2D eigenvalue weighted by Gasteiger charge is -2.15. The Morgan fingerprint density at radius 1 is 1.08 bits per heavy atom. The highest BCUT2D eigenvalue weighted by molar-refractivity contribution is 14.1. The minimum atomic E-state index is -0.0691. The summed E-state index contributed by atoms with van der Waals surface area (Å²) in [6.45, 7) is 1.53. The Labute approximate surface area is 243 Å². The number of methoxy groups -OCH3 is 2. The van der Waals surface area contributed by atoms with Crippen molar-refractivity contribution >= 4 is 73.1 Å². The first kappa shape index (κ1) is 27.7. The fraction of sp³-hybridized carbons (Fsp3) is 0.214. The molecule has 3 aromatic rings. The summed E-state index contributed by atoms with van der Waals surface area (Å²) < 4.78 is 18.9. The topological polar surface area (TPSA) is 60.4 Å². The minimum absolute atomic E-state index is 0.0691. The van der Waals surface area contributed by atoms with Gasteiger partial charge in [0.25, 0.3) is 5.91 Å². The van der Waals surface area contributed by atoms with Crippen LogP contribution in [0.1, 0.15) is 17.5 Å². The van der Waals surface area contributed by atoms with Gasteiger partial charge in [-0.25, -0.2) is 4.99 Å². The standard InChI is InChI=1S/C28H26BrIN2O4S/c1-34-14-6-13-32-27(33)25(37-28(32)31-22-7-4-3-5-8-22)17-20-15-23(30)26(24(16-20)35-2)36-18-19-9-11-21(29)12-10-19/h3-5,7-12,15-17H,6,13-14,18H2,1-2H3/b25-17-,31-28?. The lowest BCUT2D eigenvalue weighted by atomic mass is 10.1. The highest BCUT2D eigenvalue weighted by Gasteiger charge is 2.33. The van der Waals surface area contributed by atoms with Gasteiger partial charge in [0.15, 0.2) is 16.7 Å². The van der Waals surface area contributed by atoms with Gasteiger partial charge < -0.3 is 14.2 Å². The predicted molar refractivity (Wildman–Crippen MR) is 161 cm³/mol. The Hall–Kier alpha value is -2.34. The molecular formula is C28H26BrIN2O4S. The number of aliphatic imine (C=N–C) groups is 1. The third kappa shape index (κ3) is 7.37. The number of carbonyl (C=O) groups excluding carboxylic acids is 1. The predicted octanol–water partition coefficient (Wildman–Crippen LogP) is 7.28. The first-order chi connectivity index (χ1) is 18.0. The number of para-hydroxylation sites is 1. The number of hydrogen-bond donors (Lipinski definition) is 0. The van der Waals surface area contributed by atoms with Gasteiger partial charge in [-0.05, 0) is 94.4 Å². The van der Waals surface area contributed by atoms with E-state index in [2.05, 4.69) is 38.5 Å². The van der Waals surface area contributed by atoms with Crippen molar-refractivity contribution in [2.24, 2.45) is 4.99 Å². The Kier molecular flexibility index (Phi) is 10.1. The van der Waals surface area contributed by atoms with Crippen LogP contribution in [0.3, 0.4) is 0 Å². The number of amides is 1. The molecule has 0 aliphatic carbocycles. The van der Waals surface area contributed by atoms with Crippen LogP contribution in [0, 0.1) is 3.57 Å². The molecule has 192 valence electrons. The molecule has 0 spiro atoms. The van der Waals surface area contributed by atoms with E-state index in [0.717, 1.165) is 31.3 Å². The molecule has 37 heavy (non-hydrogen) atoms. The van der Waals surface area contributed by atoms with Crippen molar-refractivity contribution in [3.8, 4) is 11.5 Å². The van der Waals surface area contributed by atoms with Crippen LogP contribution in [-0.2, 0) is 16.1 Å². The van der Waals surface area contributed by atoms with Crippen LogP contribution in [0.2, 0.25) is 0 Å². The summed E-state index contributed by atoms with van der Waals surface area (Å²) >= 11 is 7.07. The van der Waals surface area contributed by atoms with E-state index >= 15 is 0 Å².